The molecule has 2 heterocycles. The van der Waals surface area contributed by atoms with Crippen molar-refractivity contribution in [3.05, 3.63) is 107 Å². The van der Waals surface area contributed by atoms with Crippen molar-refractivity contribution in [3.63, 3.8) is 0 Å². The fourth-order valence-electron chi connectivity index (χ4n) is 3.48. The lowest BCUT2D eigenvalue weighted by Gasteiger charge is -2.09. The van der Waals surface area contributed by atoms with Crippen molar-refractivity contribution in [2.75, 3.05) is 5.32 Å². The van der Waals surface area contributed by atoms with E-state index in [0.29, 0.717) is 10.7 Å². The first-order valence-corrected chi connectivity index (χ1v) is 12.4. The van der Waals surface area contributed by atoms with Gasteiger partial charge in [-0.3, -0.25) is 10.1 Å². The van der Waals surface area contributed by atoms with Crippen molar-refractivity contribution in [2.24, 2.45) is 0 Å². The Morgan fingerprint density at radius 2 is 1.58 bits per heavy atom. The van der Waals surface area contributed by atoms with Crippen molar-refractivity contribution < 1.29 is 4.79 Å². The lowest BCUT2D eigenvalue weighted by atomic mass is 10.0. The van der Waals surface area contributed by atoms with E-state index in [1.54, 1.807) is 11.8 Å². The van der Waals surface area contributed by atoms with Gasteiger partial charge in [0.05, 0.1) is 16.8 Å². The minimum absolute atomic E-state index is 0.217. The standard InChI is InChI=1S/C26H20N4OS2/c31-25(28-26-30-29-24(33-26)17-32-16-18-9-3-1-4-10-18)21-15-23(19-11-5-2-6-12-19)27-22-14-8-7-13-20(21)22/h1-15H,16-17H2,(H,28,30,31). The summed E-state index contributed by atoms with van der Waals surface area (Å²) in [5.74, 6) is 1.44. The normalized spacial score (nSPS) is 10.9. The molecule has 0 aliphatic carbocycles. The second kappa shape index (κ2) is 9.94. The van der Waals surface area contributed by atoms with Crippen LogP contribution in [0.4, 0.5) is 5.13 Å². The van der Waals surface area contributed by atoms with E-state index in [1.165, 1.54) is 16.9 Å². The van der Waals surface area contributed by atoms with Crippen LogP contribution in [0.1, 0.15) is 20.9 Å². The van der Waals surface area contributed by atoms with Gasteiger partial charge in [-0.15, -0.1) is 22.0 Å². The average molecular weight is 469 g/mol. The number of fused-ring (bicyclic) bond motifs is 1. The second-order valence-corrected chi connectivity index (χ2v) is 9.42. The summed E-state index contributed by atoms with van der Waals surface area (Å²) in [7, 11) is 0. The van der Waals surface area contributed by atoms with E-state index in [4.69, 9.17) is 4.98 Å². The number of para-hydroxylation sites is 1. The van der Waals surface area contributed by atoms with Gasteiger partial charge in [0, 0.05) is 22.5 Å². The summed E-state index contributed by atoms with van der Waals surface area (Å²) >= 11 is 3.18. The van der Waals surface area contributed by atoms with Crippen molar-refractivity contribution in [2.45, 2.75) is 11.5 Å². The van der Waals surface area contributed by atoms with Crippen LogP contribution in [0.2, 0.25) is 0 Å². The Morgan fingerprint density at radius 1 is 0.848 bits per heavy atom. The Balaban J connectivity index is 1.33. The number of nitrogens with one attached hydrogen (secondary N) is 1. The number of hydrogen-bond acceptors (Lipinski definition) is 6. The van der Waals surface area contributed by atoms with Crippen LogP contribution in [0.3, 0.4) is 0 Å². The average Bonchev–Trinajstić information content (AvgIpc) is 3.31. The largest absolute Gasteiger partial charge is 0.296 e. The molecule has 0 unspecified atom stereocenters. The number of anilines is 1. The number of rotatable bonds is 7. The summed E-state index contributed by atoms with van der Waals surface area (Å²) < 4.78 is 0. The Kier molecular flexibility index (Phi) is 6.41. The van der Waals surface area contributed by atoms with Crippen LogP contribution >= 0.6 is 23.1 Å². The monoisotopic (exact) mass is 468 g/mol. The highest BCUT2D eigenvalue weighted by atomic mass is 32.2. The summed E-state index contributed by atoms with van der Waals surface area (Å²) in [4.78, 5) is 18.0. The first kappa shape index (κ1) is 21.3. The van der Waals surface area contributed by atoms with Crippen LogP contribution in [-0.4, -0.2) is 21.1 Å². The maximum atomic E-state index is 13.2. The number of amides is 1. The molecule has 0 aliphatic rings. The number of aromatic nitrogens is 3. The highest BCUT2D eigenvalue weighted by Crippen LogP contribution is 2.27. The summed E-state index contributed by atoms with van der Waals surface area (Å²) in [5.41, 5.74) is 4.34. The van der Waals surface area contributed by atoms with Crippen molar-refractivity contribution in [3.8, 4) is 11.3 Å². The number of nitrogens with zero attached hydrogens (tertiary/aromatic N) is 3. The first-order valence-electron chi connectivity index (χ1n) is 10.5. The Morgan fingerprint density at radius 3 is 2.39 bits per heavy atom. The minimum atomic E-state index is -0.217. The second-order valence-electron chi connectivity index (χ2n) is 7.37. The molecule has 0 saturated heterocycles. The van der Waals surface area contributed by atoms with Gasteiger partial charge >= 0.3 is 0 Å². The fourth-order valence-corrected chi connectivity index (χ4v) is 5.26. The number of carbonyl (C=O) groups is 1. The van der Waals surface area contributed by atoms with E-state index in [1.807, 2.05) is 78.9 Å². The summed E-state index contributed by atoms with van der Waals surface area (Å²) in [6, 6.07) is 29.7. The van der Waals surface area contributed by atoms with E-state index >= 15 is 0 Å². The van der Waals surface area contributed by atoms with Gasteiger partial charge in [0.1, 0.15) is 5.01 Å². The van der Waals surface area contributed by atoms with Gasteiger partial charge in [0.25, 0.3) is 5.91 Å². The predicted octanol–water partition coefficient (Wildman–Crippen LogP) is 6.44. The predicted molar refractivity (Wildman–Crippen MR) is 136 cm³/mol. The number of pyridine rings is 1. The van der Waals surface area contributed by atoms with E-state index in [-0.39, 0.29) is 5.91 Å². The molecule has 0 bridgehead atoms. The molecule has 3 aromatic carbocycles. The first-order chi connectivity index (χ1) is 16.3. The minimum Gasteiger partial charge on any atom is -0.296 e. The van der Waals surface area contributed by atoms with Crippen LogP contribution in [0.15, 0.2) is 91.0 Å². The summed E-state index contributed by atoms with van der Waals surface area (Å²) in [6.07, 6.45) is 0. The van der Waals surface area contributed by atoms with Gasteiger partial charge in [-0.1, -0.05) is 90.2 Å². The van der Waals surface area contributed by atoms with Gasteiger partial charge in [0.15, 0.2) is 0 Å². The van der Waals surface area contributed by atoms with Crippen molar-refractivity contribution >= 4 is 45.0 Å². The molecular formula is C26H20N4OS2. The zero-order valence-corrected chi connectivity index (χ0v) is 19.3. The molecule has 33 heavy (non-hydrogen) atoms. The zero-order valence-electron chi connectivity index (χ0n) is 17.6. The molecule has 5 nitrogen and oxygen atoms in total. The van der Waals surface area contributed by atoms with Gasteiger partial charge in [-0.25, -0.2) is 4.98 Å². The fraction of sp³-hybridized carbons (Fsp3) is 0.0769. The van der Waals surface area contributed by atoms with Crippen molar-refractivity contribution in [1.82, 2.24) is 15.2 Å². The van der Waals surface area contributed by atoms with E-state index in [0.717, 1.165) is 38.7 Å². The maximum absolute atomic E-state index is 13.2. The molecule has 7 heteroatoms. The Hall–Kier alpha value is -3.55. The number of carbonyl (C=O) groups excluding carboxylic acids is 1. The smallest absolute Gasteiger partial charge is 0.258 e. The highest BCUT2D eigenvalue weighted by molar-refractivity contribution is 7.97. The number of hydrogen-bond donors (Lipinski definition) is 1. The third-order valence-corrected chi connectivity index (χ3v) is 7.09. The quantitative estimate of drug-likeness (QED) is 0.298. The van der Waals surface area contributed by atoms with Crippen LogP contribution in [0.5, 0.6) is 0 Å². The van der Waals surface area contributed by atoms with E-state index in [9.17, 15) is 4.79 Å². The highest BCUT2D eigenvalue weighted by Gasteiger charge is 2.16. The number of thioether (sulfide) groups is 1. The Labute approximate surface area is 199 Å². The molecule has 0 radical (unpaired) electrons. The lowest BCUT2D eigenvalue weighted by Crippen LogP contribution is -2.13. The molecule has 2 aromatic heterocycles. The molecule has 1 amide bonds. The SMILES string of the molecule is O=C(Nc1nnc(CSCc2ccccc2)s1)c1cc(-c2ccccc2)nc2ccccc12. The molecule has 1 N–H and O–H groups in total. The van der Waals surface area contributed by atoms with Gasteiger partial charge in [-0.2, -0.15) is 0 Å². The number of benzene rings is 3. The van der Waals surface area contributed by atoms with Crippen molar-refractivity contribution in [1.29, 1.82) is 0 Å². The summed E-state index contributed by atoms with van der Waals surface area (Å²) in [6.45, 7) is 0. The summed E-state index contributed by atoms with van der Waals surface area (Å²) in [5, 5.41) is 13.5. The lowest BCUT2D eigenvalue weighted by molar-refractivity contribution is 0.102. The zero-order chi connectivity index (χ0) is 22.5. The maximum Gasteiger partial charge on any atom is 0.258 e. The molecular weight excluding hydrogens is 448 g/mol. The van der Waals surface area contributed by atoms with Crippen LogP contribution in [0.25, 0.3) is 22.2 Å². The third-order valence-electron chi connectivity index (χ3n) is 5.05. The van der Waals surface area contributed by atoms with Gasteiger partial charge < -0.3 is 0 Å². The van der Waals surface area contributed by atoms with Crippen LogP contribution in [-0.2, 0) is 11.5 Å². The van der Waals surface area contributed by atoms with E-state index < -0.39 is 0 Å². The molecule has 0 atom stereocenters. The third kappa shape index (κ3) is 5.10. The molecule has 0 saturated carbocycles. The van der Waals surface area contributed by atoms with E-state index in [2.05, 4.69) is 27.6 Å². The Bertz CT molecular complexity index is 1390. The van der Waals surface area contributed by atoms with Gasteiger partial charge in [0.2, 0.25) is 5.13 Å². The van der Waals surface area contributed by atoms with Gasteiger partial charge in [-0.05, 0) is 17.7 Å². The molecule has 0 aliphatic heterocycles. The van der Waals surface area contributed by atoms with Crippen LogP contribution < -0.4 is 5.32 Å². The topological polar surface area (TPSA) is 67.8 Å². The molecule has 162 valence electrons. The molecule has 5 rings (SSSR count). The molecule has 5 aromatic rings. The molecule has 0 fully saturated rings. The van der Waals surface area contributed by atoms with Crippen LogP contribution in [0, 0.1) is 0 Å². The molecule has 0 spiro atoms.